The van der Waals surface area contributed by atoms with Gasteiger partial charge in [-0.05, 0) is 73.9 Å². The number of anilines is 1. The number of ether oxygens (including phenoxy) is 1. The molecule has 0 saturated carbocycles. The van der Waals surface area contributed by atoms with Crippen molar-refractivity contribution in [2.24, 2.45) is 10.8 Å². The third-order valence-corrected chi connectivity index (χ3v) is 7.51. The second-order valence-corrected chi connectivity index (χ2v) is 13.7. The summed E-state index contributed by atoms with van der Waals surface area (Å²) in [6.07, 6.45) is 10.8. The molecule has 0 aliphatic heterocycles. The van der Waals surface area contributed by atoms with Gasteiger partial charge in [-0.3, -0.25) is 19.4 Å². The van der Waals surface area contributed by atoms with Crippen molar-refractivity contribution in [1.29, 1.82) is 0 Å². The standard InChI is InChI=1S/C38H41FN4O6/c1-36(2,3)49-35(48)41-22-27-11-10-26(34(47)43-31-13-17-40-23-30(31)39)19-29(27)24-8-7-9-25(18-24)33(46)42-28-12-14-38(6,21-32(44)45)16-15-37(4,5)20-28/h7-20,23H,21-22H2,1-6H3,(H,41,48)(H,42,46)(H,44,45)(H,40,43,47). The van der Waals surface area contributed by atoms with Gasteiger partial charge >= 0.3 is 12.1 Å². The van der Waals surface area contributed by atoms with Gasteiger partial charge in [0.15, 0.2) is 5.82 Å². The van der Waals surface area contributed by atoms with E-state index in [2.05, 4.69) is 20.9 Å². The number of hydrogen-bond acceptors (Lipinski definition) is 6. The summed E-state index contributed by atoms with van der Waals surface area (Å²) in [6.45, 7) is 11.0. The van der Waals surface area contributed by atoms with Gasteiger partial charge in [-0.15, -0.1) is 0 Å². The maximum absolute atomic E-state index is 14.2. The SMILES string of the molecule is CC1(C)C=CC(C)(CC(=O)O)C=CC(NC(=O)c2cccc(-c3cc(C(=O)Nc4ccncc4F)ccc3CNC(=O)OC(C)(C)C)c2)=C1. The van der Waals surface area contributed by atoms with Gasteiger partial charge in [-0.1, -0.05) is 63.3 Å². The number of aliphatic carboxylic acids is 1. The van der Waals surface area contributed by atoms with Gasteiger partial charge in [0.1, 0.15) is 5.60 Å². The Balaban J connectivity index is 1.66. The summed E-state index contributed by atoms with van der Waals surface area (Å²) < 4.78 is 19.6. The van der Waals surface area contributed by atoms with Crippen LogP contribution in [0.5, 0.6) is 0 Å². The quantitative estimate of drug-likeness (QED) is 0.174. The molecule has 0 fully saturated rings. The lowest BCUT2D eigenvalue weighted by molar-refractivity contribution is -0.138. The van der Waals surface area contributed by atoms with Crippen molar-refractivity contribution in [3.8, 4) is 11.1 Å². The molecule has 0 spiro atoms. The van der Waals surface area contributed by atoms with Crippen molar-refractivity contribution >= 4 is 29.6 Å². The molecule has 4 rings (SSSR count). The Hall–Kier alpha value is -5.58. The van der Waals surface area contributed by atoms with E-state index in [1.807, 2.05) is 39.0 Å². The molecule has 11 heteroatoms. The molecule has 10 nitrogen and oxygen atoms in total. The molecule has 3 aromatic rings. The summed E-state index contributed by atoms with van der Waals surface area (Å²) in [5.41, 5.74) is 0.824. The Labute approximate surface area is 285 Å². The van der Waals surface area contributed by atoms with Crippen LogP contribution in [0.25, 0.3) is 11.1 Å². The van der Waals surface area contributed by atoms with Gasteiger partial charge < -0.3 is 25.8 Å². The third kappa shape index (κ3) is 10.5. The fourth-order valence-corrected chi connectivity index (χ4v) is 5.08. The third-order valence-electron chi connectivity index (χ3n) is 7.51. The molecule has 4 N–H and O–H groups in total. The van der Waals surface area contributed by atoms with Crippen molar-refractivity contribution in [2.75, 3.05) is 5.32 Å². The second kappa shape index (κ2) is 14.7. The Morgan fingerprint density at radius 2 is 1.63 bits per heavy atom. The van der Waals surface area contributed by atoms with Crippen LogP contribution in [0.4, 0.5) is 14.9 Å². The minimum Gasteiger partial charge on any atom is -0.481 e. The topological polar surface area (TPSA) is 147 Å². The number of carboxylic acid groups (broad SMARTS) is 1. The lowest BCUT2D eigenvalue weighted by Crippen LogP contribution is -2.32. The molecular formula is C38H41FN4O6. The van der Waals surface area contributed by atoms with E-state index in [4.69, 9.17) is 4.74 Å². The van der Waals surface area contributed by atoms with Gasteiger partial charge in [0, 0.05) is 40.4 Å². The number of carbonyl (C=O) groups is 4. The molecular weight excluding hydrogens is 627 g/mol. The van der Waals surface area contributed by atoms with Crippen LogP contribution in [-0.2, 0) is 16.1 Å². The van der Waals surface area contributed by atoms with Gasteiger partial charge in [0.2, 0.25) is 0 Å². The summed E-state index contributed by atoms with van der Waals surface area (Å²) in [7, 11) is 0. The van der Waals surface area contributed by atoms with Crippen molar-refractivity contribution < 1.29 is 33.4 Å². The van der Waals surface area contributed by atoms with Crippen LogP contribution in [0.2, 0.25) is 0 Å². The van der Waals surface area contributed by atoms with Crippen molar-refractivity contribution in [1.82, 2.24) is 15.6 Å². The van der Waals surface area contributed by atoms with Crippen molar-refractivity contribution in [2.45, 2.75) is 60.1 Å². The molecule has 49 heavy (non-hydrogen) atoms. The van der Waals surface area contributed by atoms with Crippen molar-refractivity contribution in [3.63, 3.8) is 0 Å². The van der Waals surface area contributed by atoms with E-state index >= 15 is 0 Å². The first-order valence-corrected chi connectivity index (χ1v) is 15.7. The van der Waals surface area contributed by atoms with Crippen LogP contribution in [-0.4, -0.2) is 39.6 Å². The number of nitrogens with zero attached hydrogens (tertiary/aromatic N) is 1. The fourth-order valence-electron chi connectivity index (χ4n) is 5.08. The summed E-state index contributed by atoms with van der Waals surface area (Å²) in [5.74, 6) is -2.60. The number of benzene rings is 2. The Morgan fingerprint density at radius 1 is 0.918 bits per heavy atom. The number of allylic oxidation sites excluding steroid dienone is 5. The summed E-state index contributed by atoms with van der Waals surface area (Å²) in [5, 5.41) is 17.7. The zero-order valence-corrected chi connectivity index (χ0v) is 28.4. The molecule has 1 atom stereocenters. The van der Waals surface area contributed by atoms with Gasteiger partial charge in [-0.2, -0.15) is 0 Å². The molecule has 0 saturated heterocycles. The molecule has 2 aromatic carbocycles. The largest absolute Gasteiger partial charge is 0.481 e. The predicted molar refractivity (Wildman–Crippen MR) is 185 cm³/mol. The van der Waals surface area contributed by atoms with E-state index in [0.717, 1.165) is 6.20 Å². The molecule has 0 bridgehead atoms. The number of alkyl carbamates (subject to hydrolysis) is 1. The number of carbonyl (C=O) groups excluding carboxylic acids is 3. The number of amides is 3. The Kier molecular flexibility index (Phi) is 10.9. The average molecular weight is 669 g/mol. The lowest BCUT2D eigenvalue weighted by Gasteiger charge is -2.26. The van der Waals surface area contributed by atoms with Gasteiger partial charge in [0.25, 0.3) is 11.8 Å². The molecule has 0 radical (unpaired) electrons. The monoisotopic (exact) mass is 668 g/mol. The van der Waals surface area contributed by atoms with E-state index in [9.17, 15) is 28.7 Å². The highest BCUT2D eigenvalue weighted by Gasteiger charge is 2.26. The van der Waals surface area contributed by atoms with Crippen molar-refractivity contribution in [3.05, 3.63) is 120 Å². The minimum atomic E-state index is -0.937. The smallest absolute Gasteiger partial charge is 0.407 e. The molecule has 1 aromatic heterocycles. The van der Waals surface area contributed by atoms with Crippen LogP contribution >= 0.6 is 0 Å². The number of halogens is 1. The first kappa shape index (κ1) is 36.3. The number of carboxylic acids is 1. The van der Waals surface area contributed by atoms with E-state index < -0.39 is 46.1 Å². The first-order chi connectivity index (χ1) is 22.9. The highest BCUT2D eigenvalue weighted by atomic mass is 19.1. The highest BCUT2D eigenvalue weighted by molar-refractivity contribution is 6.05. The van der Waals surface area contributed by atoms with Gasteiger partial charge in [-0.25, -0.2) is 9.18 Å². The van der Waals surface area contributed by atoms with E-state index in [1.54, 1.807) is 75.4 Å². The van der Waals surface area contributed by atoms with Crippen LogP contribution in [0, 0.1) is 16.6 Å². The number of nitrogens with one attached hydrogen (secondary N) is 3. The van der Waals surface area contributed by atoms with Crippen LogP contribution in [0.1, 0.15) is 74.2 Å². The van der Waals surface area contributed by atoms with E-state index in [1.165, 1.54) is 12.3 Å². The zero-order chi connectivity index (χ0) is 36.0. The van der Waals surface area contributed by atoms with Crippen LogP contribution in [0.15, 0.2) is 97.0 Å². The molecule has 1 unspecified atom stereocenters. The highest BCUT2D eigenvalue weighted by Crippen LogP contribution is 2.33. The molecule has 1 aliphatic carbocycles. The summed E-state index contributed by atoms with van der Waals surface area (Å²) in [4.78, 5) is 54.5. The molecule has 256 valence electrons. The van der Waals surface area contributed by atoms with Crippen LogP contribution in [0.3, 0.4) is 0 Å². The molecule has 1 heterocycles. The van der Waals surface area contributed by atoms with E-state index in [0.29, 0.717) is 28.0 Å². The second-order valence-electron chi connectivity index (χ2n) is 13.7. The predicted octanol–water partition coefficient (Wildman–Crippen LogP) is 7.41. The van der Waals surface area contributed by atoms with E-state index in [-0.39, 0.29) is 24.2 Å². The number of rotatable bonds is 9. The minimum absolute atomic E-state index is 0.0320. The summed E-state index contributed by atoms with van der Waals surface area (Å²) >= 11 is 0. The molecule has 3 amide bonds. The average Bonchev–Trinajstić information content (AvgIpc) is 3.01. The first-order valence-electron chi connectivity index (χ1n) is 15.7. The summed E-state index contributed by atoms with van der Waals surface area (Å²) in [6, 6.07) is 13.0. The zero-order valence-electron chi connectivity index (χ0n) is 28.4. The maximum Gasteiger partial charge on any atom is 0.407 e. The molecule has 1 aliphatic rings. The Morgan fingerprint density at radius 3 is 2.33 bits per heavy atom. The lowest BCUT2D eigenvalue weighted by atomic mass is 9.80. The van der Waals surface area contributed by atoms with Crippen LogP contribution < -0.4 is 16.0 Å². The number of pyridine rings is 1. The number of aromatic nitrogens is 1. The normalized spacial score (nSPS) is 16.8. The Bertz CT molecular complexity index is 1860. The van der Waals surface area contributed by atoms with Gasteiger partial charge in [0.05, 0.1) is 18.3 Å². The maximum atomic E-state index is 14.2. The fraction of sp³-hybridized carbons (Fsp3) is 0.289. The number of hydrogen-bond donors (Lipinski definition) is 4.